The van der Waals surface area contributed by atoms with Gasteiger partial charge in [-0.3, -0.25) is 4.90 Å². The van der Waals surface area contributed by atoms with E-state index in [9.17, 15) is 8.42 Å². The molecule has 2 heterocycles. The molecule has 9 heteroatoms. The zero-order valence-corrected chi connectivity index (χ0v) is 18.3. The molecule has 1 fully saturated rings. The third-order valence-corrected chi connectivity index (χ3v) is 7.04. The third-order valence-electron chi connectivity index (χ3n) is 5.33. The molecule has 0 unspecified atom stereocenters. The van der Waals surface area contributed by atoms with Crippen LogP contribution >= 0.6 is 11.6 Å². The van der Waals surface area contributed by atoms with Crippen LogP contribution in [0.5, 0.6) is 11.5 Å². The average molecular weight is 452 g/mol. The number of nitrogens with one attached hydrogen (secondary N) is 1. The van der Waals surface area contributed by atoms with Crippen LogP contribution in [-0.2, 0) is 10.0 Å². The van der Waals surface area contributed by atoms with Crippen molar-refractivity contribution in [1.82, 2.24) is 9.62 Å². The number of rotatable bonds is 7. The summed E-state index contributed by atoms with van der Waals surface area (Å²) in [7, 11) is -3.57. The molecule has 2 aromatic carbocycles. The predicted molar refractivity (Wildman–Crippen MR) is 117 cm³/mol. The standard InChI is InChI=1S/C21H26ClN3O4S/c22-17-2-4-18(5-3-17)25-12-10-24(11-13-25)9-1-8-23-30(26,27)19-6-7-20-21(16-19)29-15-14-28-20/h2-7,16,23H,1,8-15H2. The summed E-state index contributed by atoms with van der Waals surface area (Å²) < 4.78 is 38.7. The quantitative estimate of drug-likeness (QED) is 0.652. The SMILES string of the molecule is O=S(=O)(NCCCN1CCN(c2ccc(Cl)cc2)CC1)c1ccc2c(c1)OCCO2. The van der Waals surface area contributed by atoms with E-state index in [1.54, 1.807) is 12.1 Å². The normalized spacial score (nSPS) is 17.2. The fraction of sp³-hybridized carbons (Fsp3) is 0.429. The number of fused-ring (bicyclic) bond motifs is 1. The summed E-state index contributed by atoms with van der Waals surface area (Å²) in [5.41, 5.74) is 1.19. The highest BCUT2D eigenvalue weighted by Gasteiger charge is 2.20. The van der Waals surface area contributed by atoms with Gasteiger partial charge >= 0.3 is 0 Å². The summed E-state index contributed by atoms with van der Waals surface area (Å²) in [6.07, 6.45) is 0.755. The largest absolute Gasteiger partial charge is 0.486 e. The Labute approximate surface area is 182 Å². The molecule has 0 amide bonds. The molecule has 30 heavy (non-hydrogen) atoms. The highest BCUT2D eigenvalue weighted by atomic mass is 35.5. The molecule has 0 spiro atoms. The minimum absolute atomic E-state index is 0.198. The van der Waals surface area contributed by atoms with E-state index in [0.29, 0.717) is 31.3 Å². The molecule has 0 bridgehead atoms. The summed E-state index contributed by atoms with van der Waals surface area (Å²) in [6.45, 7) is 5.97. The van der Waals surface area contributed by atoms with Crippen molar-refractivity contribution >= 4 is 27.3 Å². The molecule has 7 nitrogen and oxygen atoms in total. The van der Waals surface area contributed by atoms with Crippen molar-refractivity contribution < 1.29 is 17.9 Å². The number of nitrogens with zero attached hydrogens (tertiary/aromatic N) is 2. The Hall–Kier alpha value is -2.00. The second-order valence-electron chi connectivity index (χ2n) is 7.36. The van der Waals surface area contributed by atoms with Gasteiger partial charge in [-0.05, 0) is 49.4 Å². The molecule has 2 aliphatic rings. The molecule has 1 N–H and O–H groups in total. The van der Waals surface area contributed by atoms with Gasteiger partial charge in [0, 0.05) is 49.5 Å². The van der Waals surface area contributed by atoms with E-state index < -0.39 is 10.0 Å². The fourth-order valence-electron chi connectivity index (χ4n) is 3.66. The summed E-state index contributed by atoms with van der Waals surface area (Å²) in [5.74, 6) is 1.06. The van der Waals surface area contributed by atoms with Crippen molar-refractivity contribution in [2.45, 2.75) is 11.3 Å². The molecule has 0 aliphatic carbocycles. The van der Waals surface area contributed by atoms with Gasteiger partial charge in [-0.25, -0.2) is 13.1 Å². The minimum Gasteiger partial charge on any atom is -0.486 e. The van der Waals surface area contributed by atoms with E-state index in [1.165, 1.54) is 11.8 Å². The lowest BCUT2D eigenvalue weighted by Gasteiger charge is -2.36. The van der Waals surface area contributed by atoms with Gasteiger partial charge in [0.25, 0.3) is 0 Å². The van der Waals surface area contributed by atoms with Crippen LogP contribution in [-0.4, -0.2) is 65.8 Å². The second-order valence-corrected chi connectivity index (χ2v) is 9.57. The van der Waals surface area contributed by atoms with E-state index in [4.69, 9.17) is 21.1 Å². The van der Waals surface area contributed by atoms with Crippen LogP contribution in [0.15, 0.2) is 47.4 Å². The summed E-state index contributed by atoms with van der Waals surface area (Å²) in [6, 6.07) is 12.6. The maximum Gasteiger partial charge on any atom is 0.240 e. The average Bonchev–Trinajstić information content (AvgIpc) is 2.77. The first-order chi connectivity index (χ1) is 14.5. The van der Waals surface area contributed by atoms with Crippen molar-refractivity contribution in [3.63, 3.8) is 0 Å². The van der Waals surface area contributed by atoms with Crippen LogP contribution in [0.3, 0.4) is 0 Å². The van der Waals surface area contributed by atoms with Crippen LogP contribution in [0.4, 0.5) is 5.69 Å². The van der Waals surface area contributed by atoms with E-state index in [2.05, 4.69) is 14.5 Å². The molecule has 162 valence electrons. The van der Waals surface area contributed by atoms with Gasteiger partial charge in [0.05, 0.1) is 4.90 Å². The molecule has 2 aromatic rings. The van der Waals surface area contributed by atoms with Crippen LogP contribution in [0.1, 0.15) is 6.42 Å². The highest BCUT2D eigenvalue weighted by Crippen LogP contribution is 2.32. The van der Waals surface area contributed by atoms with Crippen molar-refractivity contribution in [2.24, 2.45) is 0 Å². The maximum absolute atomic E-state index is 12.6. The van der Waals surface area contributed by atoms with Crippen LogP contribution < -0.4 is 19.1 Å². The zero-order valence-electron chi connectivity index (χ0n) is 16.7. The summed E-state index contributed by atoms with van der Waals surface area (Å²) in [4.78, 5) is 4.91. The lowest BCUT2D eigenvalue weighted by molar-refractivity contribution is 0.171. The number of benzene rings is 2. The summed E-state index contributed by atoms with van der Waals surface area (Å²) >= 11 is 5.96. The monoisotopic (exact) mass is 451 g/mol. The number of piperazine rings is 1. The number of hydrogen-bond donors (Lipinski definition) is 1. The molecule has 2 aliphatic heterocycles. The Morgan fingerprint density at radius 2 is 1.63 bits per heavy atom. The van der Waals surface area contributed by atoms with Gasteiger partial charge in [-0.1, -0.05) is 11.6 Å². The van der Waals surface area contributed by atoms with E-state index in [0.717, 1.165) is 44.2 Å². The molecule has 0 radical (unpaired) electrons. The Kier molecular flexibility index (Phi) is 6.67. The van der Waals surface area contributed by atoms with Crippen molar-refractivity contribution in [3.05, 3.63) is 47.5 Å². The first-order valence-electron chi connectivity index (χ1n) is 10.1. The molecular formula is C21H26ClN3O4S. The van der Waals surface area contributed by atoms with Crippen molar-refractivity contribution in [3.8, 4) is 11.5 Å². The van der Waals surface area contributed by atoms with Gasteiger partial charge in [0.15, 0.2) is 11.5 Å². The molecule has 0 atom stereocenters. The molecule has 0 aromatic heterocycles. The minimum atomic E-state index is -3.57. The number of anilines is 1. The van der Waals surface area contributed by atoms with Gasteiger partial charge in [0.1, 0.15) is 13.2 Å². The highest BCUT2D eigenvalue weighted by molar-refractivity contribution is 7.89. The topological polar surface area (TPSA) is 71.1 Å². The van der Waals surface area contributed by atoms with Crippen molar-refractivity contribution in [1.29, 1.82) is 0 Å². The Bertz CT molecular complexity index is 961. The lowest BCUT2D eigenvalue weighted by Crippen LogP contribution is -2.47. The Morgan fingerprint density at radius 3 is 2.37 bits per heavy atom. The van der Waals surface area contributed by atoms with Crippen molar-refractivity contribution in [2.75, 3.05) is 57.4 Å². The van der Waals surface area contributed by atoms with Crippen LogP contribution in [0, 0.1) is 0 Å². The fourth-order valence-corrected chi connectivity index (χ4v) is 4.88. The zero-order chi connectivity index (χ0) is 21.0. The maximum atomic E-state index is 12.6. The Morgan fingerprint density at radius 1 is 0.933 bits per heavy atom. The Balaban J connectivity index is 1.21. The number of sulfonamides is 1. The number of ether oxygens (including phenoxy) is 2. The first-order valence-corrected chi connectivity index (χ1v) is 12.0. The van der Waals surface area contributed by atoms with Gasteiger partial charge in [-0.15, -0.1) is 0 Å². The number of hydrogen-bond acceptors (Lipinski definition) is 6. The third kappa shape index (κ3) is 5.18. The first kappa shape index (κ1) is 21.2. The molecule has 1 saturated heterocycles. The molecular weight excluding hydrogens is 426 g/mol. The van der Waals surface area contributed by atoms with Gasteiger partial charge < -0.3 is 14.4 Å². The second kappa shape index (κ2) is 9.43. The summed E-state index contributed by atoms with van der Waals surface area (Å²) in [5, 5.41) is 0.746. The number of halogens is 1. The predicted octanol–water partition coefficient (Wildman–Crippen LogP) is 2.60. The van der Waals surface area contributed by atoms with Crippen LogP contribution in [0.25, 0.3) is 0 Å². The van der Waals surface area contributed by atoms with Gasteiger partial charge in [0.2, 0.25) is 10.0 Å². The molecule has 4 rings (SSSR count). The van der Waals surface area contributed by atoms with Gasteiger partial charge in [-0.2, -0.15) is 0 Å². The van der Waals surface area contributed by atoms with E-state index >= 15 is 0 Å². The van der Waals surface area contributed by atoms with Crippen LogP contribution in [0.2, 0.25) is 5.02 Å². The van der Waals surface area contributed by atoms with E-state index in [1.807, 2.05) is 24.3 Å². The molecule has 0 saturated carbocycles. The van der Waals surface area contributed by atoms with E-state index in [-0.39, 0.29) is 4.90 Å². The lowest BCUT2D eigenvalue weighted by atomic mass is 10.2. The smallest absolute Gasteiger partial charge is 0.240 e.